The summed E-state index contributed by atoms with van der Waals surface area (Å²) < 4.78 is 5.10. The van der Waals surface area contributed by atoms with Crippen molar-refractivity contribution in [1.29, 1.82) is 0 Å². The maximum Gasteiger partial charge on any atom is 0.138 e. The van der Waals surface area contributed by atoms with E-state index in [-0.39, 0.29) is 11.8 Å². The molecule has 0 radical (unpaired) electrons. The van der Waals surface area contributed by atoms with Gasteiger partial charge in [0.15, 0.2) is 0 Å². The van der Waals surface area contributed by atoms with E-state index in [2.05, 4.69) is 0 Å². The van der Waals surface area contributed by atoms with Crippen molar-refractivity contribution in [2.45, 2.75) is 32.2 Å². The number of carbonyl (C=O) groups is 1. The Kier molecular flexibility index (Phi) is 4.99. The van der Waals surface area contributed by atoms with Crippen LogP contribution in [-0.4, -0.2) is 18.9 Å². The van der Waals surface area contributed by atoms with Gasteiger partial charge >= 0.3 is 0 Å². The summed E-state index contributed by atoms with van der Waals surface area (Å²) in [5.41, 5.74) is 6.72. The minimum Gasteiger partial charge on any atom is -0.497 e. The molecule has 88 valence electrons. The van der Waals surface area contributed by atoms with Gasteiger partial charge in [-0.1, -0.05) is 19.1 Å². The maximum atomic E-state index is 11.7. The molecule has 0 saturated carbocycles. The van der Waals surface area contributed by atoms with Crippen LogP contribution in [0.2, 0.25) is 0 Å². The molecule has 1 atom stereocenters. The largest absolute Gasteiger partial charge is 0.497 e. The minimum atomic E-state index is -0.0156. The molecule has 16 heavy (non-hydrogen) atoms. The first-order chi connectivity index (χ1) is 7.65. The van der Waals surface area contributed by atoms with Crippen LogP contribution in [0.1, 0.15) is 25.3 Å². The van der Waals surface area contributed by atoms with Crippen molar-refractivity contribution >= 4 is 5.78 Å². The molecule has 0 aliphatic rings. The van der Waals surface area contributed by atoms with Crippen LogP contribution in [0.5, 0.6) is 5.75 Å². The van der Waals surface area contributed by atoms with Gasteiger partial charge in [-0.25, -0.2) is 0 Å². The summed E-state index contributed by atoms with van der Waals surface area (Å²) in [6, 6.07) is 7.55. The first kappa shape index (κ1) is 12.7. The zero-order valence-electron chi connectivity index (χ0n) is 9.90. The normalized spacial score (nSPS) is 12.2. The fourth-order valence-electron chi connectivity index (χ4n) is 1.52. The number of nitrogens with two attached hydrogens (primary N) is 1. The zero-order valence-corrected chi connectivity index (χ0v) is 9.90. The van der Waals surface area contributed by atoms with Crippen LogP contribution < -0.4 is 10.5 Å². The Morgan fingerprint density at radius 2 is 2.25 bits per heavy atom. The number of benzene rings is 1. The molecular formula is C13H19NO2. The average molecular weight is 221 g/mol. The lowest BCUT2D eigenvalue weighted by molar-refractivity contribution is -0.118. The summed E-state index contributed by atoms with van der Waals surface area (Å²) in [7, 11) is 1.62. The highest BCUT2D eigenvalue weighted by Gasteiger charge is 2.08. The van der Waals surface area contributed by atoms with Gasteiger partial charge in [0.2, 0.25) is 0 Å². The van der Waals surface area contributed by atoms with Crippen LogP contribution in [-0.2, 0) is 11.2 Å². The molecule has 1 rings (SSSR count). The molecule has 0 aliphatic carbocycles. The number of hydrogen-bond acceptors (Lipinski definition) is 3. The first-order valence-electron chi connectivity index (χ1n) is 5.56. The van der Waals surface area contributed by atoms with Gasteiger partial charge in [0, 0.05) is 18.9 Å². The van der Waals surface area contributed by atoms with Gasteiger partial charge in [-0.2, -0.15) is 0 Å². The Morgan fingerprint density at radius 1 is 1.50 bits per heavy atom. The van der Waals surface area contributed by atoms with E-state index in [0.717, 1.165) is 17.7 Å². The van der Waals surface area contributed by atoms with Crippen molar-refractivity contribution in [2.24, 2.45) is 5.73 Å². The fraction of sp³-hybridized carbons (Fsp3) is 0.462. The lowest BCUT2D eigenvalue weighted by Crippen LogP contribution is -2.23. The van der Waals surface area contributed by atoms with Crippen molar-refractivity contribution in [1.82, 2.24) is 0 Å². The van der Waals surface area contributed by atoms with Gasteiger partial charge in [-0.15, -0.1) is 0 Å². The predicted molar refractivity (Wildman–Crippen MR) is 64.6 cm³/mol. The first-order valence-corrected chi connectivity index (χ1v) is 5.56. The summed E-state index contributed by atoms with van der Waals surface area (Å²) in [5.74, 6) is 0.965. The number of rotatable bonds is 6. The SMILES string of the molecule is CCC(N)CC(=O)Cc1cccc(OC)c1. The van der Waals surface area contributed by atoms with Gasteiger partial charge < -0.3 is 10.5 Å². The molecule has 1 aromatic carbocycles. The summed E-state index contributed by atoms with van der Waals surface area (Å²) in [5, 5.41) is 0. The molecule has 0 amide bonds. The highest BCUT2D eigenvalue weighted by molar-refractivity contribution is 5.81. The Morgan fingerprint density at radius 3 is 2.88 bits per heavy atom. The second-order valence-corrected chi connectivity index (χ2v) is 3.94. The molecule has 0 spiro atoms. The molecule has 1 unspecified atom stereocenters. The number of Topliss-reactive ketones (excluding diaryl/α,β-unsaturated/α-hetero) is 1. The van der Waals surface area contributed by atoms with E-state index in [1.54, 1.807) is 7.11 Å². The molecule has 0 fully saturated rings. The van der Waals surface area contributed by atoms with Crippen LogP contribution in [0.15, 0.2) is 24.3 Å². The van der Waals surface area contributed by atoms with Crippen LogP contribution in [0, 0.1) is 0 Å². The molecular weight excluding hydrogens is 202 g/mol. The number of methoxy groups -OCH3 is 1. The second kappa shape index (κ2) is 6.28. The van der Waals surface area contributed by atoms with E-state index in [9.17, 15) is 4.79 Å². The minimum absolute atomic E-state index is 0.0156. The topological polar surface area (TPSA) is 52.3 Å². The molecule has 0 aliphatic heterocycles. The molecule has 0 bridgehead atoms. The van der Waals surface area contributed by atoms with Crippen molar-refractivity contribution in [2.75, 3.05) is 7.11 Å². The van der Waals surface area contributed by atoms with Gasteiger partial charge in [-0.3, -0.25) is 4.79 Å². The van der Waals surface area contributed by atoms with Gasteiger partial charge in [-0.05, 0) is 24.1 Å². The molecule has 0 heterocycles. The molecule has 2 N–H and O–H groups in total. The number of carbonyl (C=O) groups excluding carboxylic acids is 1. The van der Waals surface area contributed by atoms with Crippen LogP contribution >= 0.6 is 0 Å². The van der Waals surface area contributed by atoms with Crippen molar-refractivity contribution in [3.63, 3.8) is 0 Å². The van der Waals surface area contributed by atoms with Gasteiger partial charge in [0.1, 0.15) is 11.5 Å². The lowest BCUT2D eigenvalue weighted by atomic mass is 10.0. The summed E-state index contributed by atoms with van der Waals surface area (Å²) >= 11 is 0. The fourth-order valence-corrected chi connectivity index (χ4v) is 1.52. The quantitative estimate of drug-likeness (QED) is 0.798. The van der Waals surface area contributed by atoms with Crippen LogP contribution in [0.4, 0.5) is 0 Å². The van der Waals surface area contributed by atoms with Crippen molar-refractivity contribution in [3.8, 4) is 5.75 Å². The number of ketones is 1. The van der Waals surface area contributed by atoms with Gasteiger partial charge in [0.05, 0.1) is 7.11 Å². The molecule has 3 nitrogen and oxygen atoms in total. The van der Waals surface area contributed by atoms with E-state index in [4.69, 9.17) is 10.5 Å². The van der Waals surface area contributed by atoms with E-state index >= 15 is 0 Å². The third-order valence-corrected chi connectivity index (χ3v) is 2.55. The van der Waals surface area contributed by atoms with Crippen LogP contribution in [0.25, 0.3) is 0 Å². The lowest BCUT2D eigenvalue weighted by Gasteiger charge is -2.08. The monoisotopic (exact) mass is 221 g/mol. The zero-order chi connectivity index (χ0) is 12.0. The molecule has 0 saturated heterocycles. The molecule has 1 aromatic rings. The highest BCUT2D eigenvalue weighted by Crippen LogP contribution is 2.13. The summed E-state index contributed by atoms with van der Waals surface area (Å²) in [6.45, 7) is 1.99. The average Bonchev–Trinajstić information content (AvgIpc) is 2.28. The third-order valence-electron chi connectivity index (χ3n) is 2.55. The summed E-state index contributed by atoms with van der Waals surface area (Å²) in [4.78, 5) is 11.7. The standard InChI is InChI=1S/C13H19NO2/c1-3-11(14)9-12(15)7-10-5-4-6-13(8-10)16-2/h4-6,8,11H,3,7,9,14H2,1-2H3. The molecule has 3 heteroatoms. The molecule has 0 aromatic heterocycles. The predicted octanol–water partition coefficient (Wildman–Crippen LogP) is 1.93. The smallest absolute Gasteiger partial charge is 0.138 e. The van der Waals surface area contributed by atoms with Gasteiger partial charge in [0.25, 0.3) is 0 Å². The summed E-state index contributed by atoms with van der Waals surface area (Å²) in [6.07, 6.45) is 1.72. The maximum absolute atomic E-state index is 11.7. The van der Waals surface area contributed by atoms with E-state index in [0.29, 0.717) is 12.8 Å². The van der Waals surface area contributed by atoms with Crippen molar-refractivity contribution < 1.29 is 9.53 Å². The Labute approximate surface area is 96.6 Å². The Bertz CT molecular complexity index is 350. The van der Waals surface area contributed by atoms with Crippen LogP contribution in [0.3, 0.4) is 0 Å². The number of hydrogen-bond donors (Lipinski definition) is 1. The van der Waals surface area contributed by atoms with E-state index in [1.165, 1.54) is 0 Å². The Hall–Kier alpha value is -1.35. The van der Waals surface area contributed by atoms with E-state index in [1.807, 2.05) is 31.2 Å². The second-order valence-electron chi connectivity index (χ2n) is 3.94. The highest BCUT2D eigenvalue weighted by atomic mass is 16.5. The van der Waals surface area contributed by atoms with E-state index < -0.39 is 0 Å². The Balaban J connectivity index is 2.55. The number of ether oxygens (including phenoxy) is 1. The van der Waals surface area contributed by atoms with Crippen molar-refractivity contribution in [3.05, 3.63) is 29.8 Å². The third kappa shape index (κ3) is 4.03.